The van der Waals surface area contributed by atoms with Crippen molar-refractivity contribution in [3.63, 3.8) is 0 Å². The second kappa shape index (κ2) is 4.61. The molecular weight excluding hydrogens is 180 g/mol. The predicted octanol–water partition coefficient (Wildman–Crippen LogP) is 2.88. The number of fused-ring (bicyclic) bond motifs is 1. The lowest BCUT2D eigenvalue weighted by Crippen LogP contribution is -2.09. The monoisotopic (exact) mass is 198 g/mol. The van der Waals surface area contributed by atoms with Crippen LogP contribution in [0.15, 0.2) is 0 Å². The van der Waals surface area contributed by atoms with Gasteiger partial charge in [-0.2, -0.15) is 0 Å². The molecular formula is C10H18N2S. The van der Waals surface area contributed by atoms with Gasteiger partial charge in [-0.05, 0) is 25.2 Å². The molecule has 0 amide bonds. The molecule has 0 aromatic carbocycles. The third-order valence-electron chi connectivity index (χ3n) is 2.20. The van der Waals surface area contributed by atoms with Crippen molar-refractivity contribution in [2.75, 3.05) is 5.73 Å². The minimum atomic E-state index is 0.740. The van der Waals surface area contributed by atoms with Crippen LogP contribution in [0.4, 0.5) is 5.13 Å². The van der Waals surface area contributed by atoms with Gasteiger partial charge in [0.05, 0.1) is 5.69 Å². The summed E-state index contributed by atoms with van der Waals surface area (Å²) in [5.74, 6) is 0.822. The van der Waals surface area contributed by atoms with E-state index in [-0.39, 0.29) is 0 Å². The van der Waals surface area contributed by atoms with Crippen LogP contribution in [0.3, 0.4) is 0 Å². The number of nitrogen functional groups attached to an aromatic ring is 1. The number of nitrogens with zero attached hydrogens (tertiary/aromatic N) is 1. The van der Waals surface area contributed by atoms with Gasteiger partial charge in [0.25, 0.3) is 0 Å². The zero-order valence-corrected chi connectivity index (χ0v) is 9.45. The minimum Gasteiger partial charge on any atom is -0.375 e. The molecule has 1 aromatic rings. The second-order valence-corrected chi connectivity index (χ2v) is 4.39. The number of thiazole rings is 1. The van der Waals surface area contributed by atoms with E-state index < -0.39 is 0 Å². The SMILES string of the molecule is CC.CC1CCc2nc(N)sc2C1. The highest BCUT2D eigenvalue weighted by atomic mass is 32.1. The maximum atomic E-state index is 5.61. The van der Waals surface area contributed by atoms with Crippen LogP contribution in [0.2, 0.25) is 0 Å². The van der Waals surface area contributed by atoms with Gasteiger partial charge in [-0.15, -0.1) is 11.3 Å². The summed E-state index contributed by atoms with van der Waals surface area (Å²) < 4.78 is 0. The number of nitrogens with two attached hydrogens (primary N) is 1. The Kier molecular flexibility index (Phi) is 3.72. The van der Waals surface area contributed by atoms with Gasteiger partial charge in [0.2, 0.25) is 0 Å². The van der Waals surface area contributed by atoms with Crippen LogP contribution < -0.4 is 5.73 Å². The molecule has 2 rings (SSSR count). The van der Waals surface area contributed by atoms with Crippen LogP contribution in [-0.2, 0) is 12.8 Å². The quantitative estimate of drug-likeness (QED) is 0.696. The Bertz CT molecular complexity index is 268. The van der Waals surface area contributed by atoms with E-state index >= 15 is 0 Å². The highest BCUT2D eigenvalue weighted by molar-refractivity contribution is 7.15. The molecule has 1 aliphatic carbocycles. The molecule has 2 N–H and O–H groups in total. The molecule has 0 aliphatic heterocycles. The van der Waals surface area contributed by atoms with Crippen molar-refractivity contribution in [1.82, 2.24) is 4.98 Å². The molecule has 1 heterocycles. The molecule has 0 spiro atoms. The molecule has 0 saturated heterocycles. The first kappa shape index (κ1) is 10.5. The van der Waals surface area contributed by atoms with Crippen LogP contribution in [0, 0.1) is 5.92 Å². The minimum absolute atomic E-state index is 0.740. The Labute approximate surface area is 84.2 Å². The van der Waals surface area contributed by atoms with Gasteiger partial charge in [-0.3, -0.25) is 0 Å². The molecule has 0 saturated carbocycles. The van der Waals surface area contributed by atoms with Crippen molar-refractivity contribution in [3.8, 4) is 0 Å². The first-order chi connectivity index (χ1) is 6.25. The molecule has 0 radical (unpaired) electrons. The number of rotatable bonds is 0. The Morgan fingerprint density at radius 3 is 2.85 bits per heavy atom. The molecule has 13 heavy (non-hydrogen) atoms. The van der Waals surface area contributed by atoms with Gasteiger partial charge in [0.1, 0.15) is 0 Å². The molecule has 0 fully saturated rings. The largest absolute Gasteiger partial charge is 0.375 e. The Morgan fingerprint density at radius 1 is 1.46 bits per heavy atom. The van der Waals surface area contributed by atoms with Crippen LogP contribution in [0.5, 0.6) is 0 Å². The number of hydrogen-bond acceptors (Lipinski definition) is 3. The number of hydrogen-bond donors (Lipinski definition) is 1. The summed E-state index contributed by atoms with van der Waals surface area (Å²) in [4.78, 5) is 5.70. The van der Waals surface area contributed by atoms with Gasteiger partial charge >= 0.3 is 0 Å². The van der Waals surface area contributed by atoms with Crippen molar-refractivity contribution in [3.05, 3.63) is 10.6 Å². The van der Waals surface area contributed by atoms with Crippen LogP contribution in [0.1, 0.15) is 37.8 Å². The van der Waals surface area contributed by atoms with Gasteiger partial charge in [0.15, 0.2) is 5.13 Å². The van der Waals surface area contributed by atoms with Gasteiger partial charge in [-0.1, -0.05) is 20.8 Å². The van der Waals surface area contributed by atoms with Gasteiger partial charge < -0.3 is 5.73 Å². The lowest BCUT2D eigenvalue weighted by Gasteiger charge is -2.15. The summed E-state index contributed by atoms with van der Waals surface area (Å²) in [6, 6.07) is 0. The van der Waals surface area contributed by atoms with Crippen molar-refractivity contribution in [1.29, 1.82) is 0 Å². The van der Waals surface area contributed by atoms with Gasteiger partial charge in [0, 0.05) is 4.88 Å². The fourth-order valence-corrected chi connectivity index (χ4v) is 2.60. The Hall–Kier alpha value is -0.570. The molecule has 0 bridgehead atoms. The average molecular weight is 198 g/mol. The molecule has 74 valence electrons. The van der Waals surface area contributed by atoms with Gasteiger partial charge in [-0.25, -0.2) is 4.98 Å². The van der Waals surface area contributed by atoms with E-state index in [1.807, 2.05) is 13.8 Å². The zero-order chi connectivity index (χ0) is 9.84. The zero-order valence-electron chi connectivity index (χ0n) is 8.63. The van der Waals surface area contributed by atoms with E-state index in [0.717, 1.165) is 17.5 Å². The fourth-order valence-electron chi connectivity index (χ4n) is 1.56. The number of anilines is 1. The number of aromatic nitrogens is 1. The van der Waals surface area contributed by atoms with E-state index in [4.69, 9.17) is 5.73 Å². The number of aryl methyl sites for hydroxylation is 1. The summed E-state index contributed by atoms with van der Waals surface area (Å²) in [5.41, 5.74) is 6.87. The predicted molar refractivity (Wildman–Crippen MR) is 59.1 cm³/mol. The standard InChI is InChI=1S/C8H12N2S.C2H6/c1-5-2-3-6-7(4-5)11-8(9)10-6;1-2/h5H,2-4H2,1H3,(H2,9,10);1-2H3. The Morgan fingerprint density at radius 2 is 2.15 bits per heavy atom. The highest BCUT2D eigenvalue weighted by Crippen LogP contribution is 2.30. The van der Waals surface area contributed by atoms with E-state index in [1.165, 1.54) is 23.4 Å². The molecule has 1 aliphatic rings. The van der Waals surface area contributed by atoms with Crippen molar-refractivity contribution in [2.24, 2.45) is 5.92 Å². The van der Waals surface area contributed by atoms with Crippen molar-refractivity contribution >= 4 is 16.5 Å². The summed E-state index contributed by atoms with van der Waals surface area (Å²) in [6.45, 7) is 6.29. The van der Waals surface area contributed by atoms with Crippen molar-refractivity contribution < 1.29 is 0 Å². The Balaban J connectivity index is 0.000000396. The average Bonchev–Trinajstić information content (AvgIpc) is 2.48. The van der Waals surface area contributed by atoms with Crippen LogP contribution in [0.25, 0.3) is 0 Å². The normalized spacial score (nSPS) is 20.1. The van der Waals surface area contributed by atoms with E-state index in [9.17, 15) is 0 Å². The lowest BCUT2D eigenvalue weighted by atomic mass is 9.93. The topological polar surface area (TPSA) is 38.9 Å². The summed E-state index contributed by atoms with van der Waals surface area (Å²) >= 11 is 1.66. The molecule has 2 nitrogen and oxygen atoms in total. The molecule has 1 aromatic heterocycles. The maximum Gasteiger partial charge on any atom is 0.180 e. The van der Waals surface area contributed by atoms with Crippen LogP contribution in [-0.4, -0.2) is 4.98 Å². The molecule has 3 heteroatoms. The molecule has 1 unspecified atom stereocenters. The first-order valence-electron chi connectivity index (χ1n) is 5.00. The first-order valence-corrected chi connectivity index (χ1v) is 5.81. The van der Waals surface area contributed by atoms with Crippen LogP contribution >= 0.6 is 11.3 Å². The van der Waals surface area contributed by atoms with Crippen molar-refractivity contribution in [2.45, 2.75) is 40.0 Å². The highest BCUT2D eigenvalue weighted by Gasteiger charge is 2.18. The second-order valence-electron chi connectivity index (χ2n) is 3.27. The summed E-state index contributed by atoms with van der Waals surface area (Å²) in [6.07, 6.45) is 3.59. The summed E-state index contributed by atoms with van der Waals surface area (Å²) in [7, 11) is 0. The fraction of sp³-hybridized carbons (Fsp3) is 0.700. The summed E-state index contributed by atoms with van der Waals surface area (Å²) in [5, 5.41) is 0.740. The van der Waals surface area contributed by atoms with E-state index in [0.29, 0.717) is 0 Å². The lowest BCUT2D eigenvalue weighted by molar-refractivity contribution is 0.502. The smallest absolute Gasteiger partial charge is 0.180 e. The maximum absolute atomic E-state index is 5.61. The van der Waals surface area contributed by atoms with E-state index in [1.54, 1.807) is 11.3 Å². The molecule has 1 atom stereocenters. The van der Waals surface area contributed by atoms with E-state index in [2.05, 4.69) is 11.9 Å². The third kappa shape index (κ3) is 2.44. The third-order valence-corrected chi connectivity index (χ3v) is 3.15.